The van der Waals surface area contributed by atoms with Gasteiger partial charge < -0.3 is 14.9 Å². The number of esters is 1. The molecule has 9 heteroatoms. The average molecular weight is 458 g/mol. The average Bonchev–Trinajstić information content (AvgIpc) is 3.42. The molecule has 1 aromatic heterocycles. The molecular weight excluding hydrogens is 441 g/mol. The number of halogens is 2. The number of ether oxygens (including phenoxy) is 1. The molecule has 0 radical (unpaired) electrons. The van der Waals surface area contributed by atoms with Crippen LogP contribution in [0.4, 0.5) is 5.69 Å². The number of anilines is 1. The van der Waals surface area contributed by atoms with Crippen LogP contribution in [-0.4, -0.2) is 29.2 Å². The number of carbonyl (C=O) groups is 2. The van der Waals surface area contributed by atoms with Crippen molar-refractivity contribution in [2.45, 2.75) is 12.5 Å². The van der Waals surface area contributed by atoms with Gasteiger partial charge in [-0.2, -0.15) is 5.10 Å². The van der Waals surface area contributed by atoms with Crippen LogP contribution in [0, 0.1) is 0 Å². The minimum Gasteiger partial charge on any atom is -0.467 e. The van der Waals surface area contributed by atoms with E-state index in [-0.39, 0.29) is 11.3 Å². The highest BCUT2D eigenvalue weighted by atomic mass is 35.5. The van der Waals surface area contributed by atoms with Crippen LogP contribution in [0.3, 0.4) is 0 Å². The minimum atomic E-state index is -0.724. The van der Waals surface area contributed by atoms with Crippen molar-refractivity contribution in [3.8, 4) is 0 Å². The highest BCUT2D eigenvalue weighted by Gasteiger charge is 2.35. The molecule has 3 aromatic rings. The van der Waals surface area contributed by atoms with E-state index >= 15 is 0 Å². The standard InChI is InChI=1S/C22H17Cl2N3O4/c23-14-5-3-13(4-6-14)18-11-19(20-2-1-9-30-20)27(26-18)21(28)12-31-22(29)16-8-7-15(24)10-17(16)25/h1-10,19H,11-12,25H2. The largest absolute Gasteiger partial charge is 0.467 e. The monoisotopic (exact) mass is 457 g/mol. The fourth-order valence-corrected chi connectivity index (χ4v) is 3.56. The first-order chi connectivity index (χ1) is 14.9. The number of furan rings is 1. The molecule has 4 rings (SSSR count). The van der Waals surface area contributed by atoms with E-state index < -0.39 is 24.5 Å². The molecule has 0 aliphatic carbocycles. The number of hydrogen-bond acceptors (Lipinski definition) is 6. The van der Waals surface area contributed by atoms with Gasteiger partial charge in [0.15, 0.2) is 6.61 Å². The van der Waals surface area contributed by atoms with Gasteiger partial charge in [0.25, 0.3) is 5.91 Å². The van der Waals surface area contributed by atoms with E-state index in [0.29, 0.717) is 27.9 Å². The van der Waals surface area contributed by atoms with Crippen molar-refractivity contribution < 1.29 is 18.7 Å². The number of carbonyl (C=O) groups excluding carboxylic acids is 2. The molecule has 1 unspecified atom stereocenters. The first kappa shape index (κ1) is 21.0. The Morgan fingerprint density at radius 3 is 2.55 bits per heavy atom. The molecule has 0 bridgehead atoms. The first-order valence-corrected chi connectivity index (χ1v) is 10.1. The molecule has 2 aromatic carbocycles. The molecule has 1 atom stereocenters. The van der Waals surface area contributed by atoms with E-state index in [0.717, 1.165) is 5.56 Å². The lowest BCUT2D eigenvalue weighted by Gasteiger charge is -2.19. The number of nitrogens with two attached hydrogens (primary N) is 1. The maximum Gasteiger partial charge on any atom is 0.340 e. The molecule has 1 aliphatic rings. The van der Waals surface area contributed by atoms with E-state index in [1.807, 2.05) is 12.1 Å². The summed E-state index contributed by atoms with van der Waals surface area (Å²) in [5.74, 6) is -0.640. The third-order valence-corrected chi connectivity index (χ3v) is 5.26. The molecular formula is C22H17Cl2N3O4. The van der Waals surface area contributed by atoms with Crippen LogP contribution in [-0.2, 0) is 9.53 Å². The van der Waals surface area contributed by atoms with E-state index in [1.54, 1.807) is 24.3 Å². The van der Waals surface area contributed by atoms with Crippen molar-refractivity contribution in [2.24, 2.45) is 5.10 Å². The summed E-state index contributed by atoms with van der Waals surface area (Å²) in [5, 5.41) is 6.75. The summed E-state index contributed by atoms with van der Waals surface area (Å²) in [4.78, 5) is 25.2. The molecule has 1 amide bonds. The summed E-state index contributed by atoms with van der Waals surface area (Å²) in [7, 11) is 0. The zero-order chi connectivity index (χ0) is 22.0. The Hall–Kier alpha value is -3.29. The van der Waals surface area contributed by atoms with Gasteiger partial charge in [0, 0.05) is 22.2 Å². The molecule has 2 heterocycles. The summed E-state index contributed by atoms with van der Waals surface area (Å²) >= 11 is 11.8. The predicted molar refractivity (Wildman–Crippen MR) is 117 cm³/mol. The van der Waals surface area contributed by atoms with Crippen molar-refractivity contribution in [1.29, 1.82) is 0 Å². The Kier molecular flexibility index (Phi) is 5.97. The maximum atomic E-state index is 12.9. The fraction of sp³-hybridized carbons (Fsp3) is 0.136. The Morgan fingerprint density at radius 1 is 1.13 bits per heavy atom. The summed E-state index contributed by atoms with van der Waals surface area (Å²) in [5.41, 5.74) is 7.64. The lowest BCUT2D eigenvalue weighted by Crippen LogP contribution is -2.31. The van der Waals surface area contributed by atoms with Gasteiger partial charge in [-0.25, -0.2) is 9.80 Å². The van der Waals surface area contributed by atoms with E-state index in [4.69, 9.17) is 38.1 Å². The number of nitrogens with zero attached hydrogens (tertiary/aromatic N) is 2. The van der Waals surface area contributed by atoms with Crippen LogP contribution >= 0.6 is 23.2 Å². The lowest BCUT2D eigenvalue weighted by molar-refractivity contribution is -0.136. The first-order valence-electron chi connectivity index (χ1n) is 9.33. The van der Waals surface area contributed by atoms with Crippen LogP contribution in [0.25, 0.3) is 0 Å². The van der Waals surface area contributed by atoms with E-state index in [9.17, 15) is 9.59 Å². The number of benzene rings is 2. The molecule has 7 nitrogen and oxygen atoms in total. The van der Waals surface area contributed by atoms with Crippen molar-refractivity contribution in [3.63, 3.8) is 0 Å². The lowest BCUT2D eigenvalue weighted by atomic mass is 10.0. The molecule has 31 heavy (non-hydrogen) atoms. The Bertz CT molecular complexity index is 1140. The van der Waals surface area contributed by atoms with Gasteiger partial charge >= 0.3 is 5.97 Å². The van der Waals surface area contributed by atoms with Crippen LogP contribution in [0.1, 0.15) is 34.1 Å². The topological polar surface area (TPSA) is 98.1 Å². The normalized spacial score (nSPS) is 15.6. The molecule has 0 fully saturated rings. The SMILES string of the molecule is Nc1cc(Cl)ccc1C(=O)OCC(=O)N1N=C(c2ccc(Cl)cc2)CC1c1ccco1. The summed E-state index contributed by atoms with van der Waals surface area (Å²) in [6, 6.07) is 14.6. The minimum absolute atomic E-state index is 0.131. The highest BCUT2D eigenvalue weighted by Crippen LogP contribution is 2.33. The van der Waals surface area contributed by atoms with Gasteiger partial charge in [0.2, 0.25) is 0 Å². The Labute approximate surface area is 188 Å². The third kappa shape index (κ3) is 4.57. The van der Waals surface area contributed by atoms with Crippen LogP contribution in [0.2, 0.25) is 10.0 Å². The van der Waals surface area contributed by atoms with Gasteiger partial charge in [-0.3, -0.25) is 4.79 Å². The van der Waals surface area contributed by atoms with Gasteiger partial charge in [-0.15, -0.1) is 0 Å². The van der Waals surface area contributed by atoms with Gasteiger partial charge in [0.1, 0.15) is 11.8 Å². The molecule has 0 saturated carbocycles. The van der Waals surface area contributed by atoms with Crippen molar-refractivity contribution in [3.05, 3.63) is 87.8 Å². The van der Waals surface area contributed by atoms with Crippen LogP contribution in [0.15, 0.2) is 70.4 Å². The molecule has 2 N–H and O–H groups in total. The number of nitrogen functional groups attached to an aromatic ring is 1. The van der Waals surface area contributed by atoms with Crippen molar-refractivity contribution in [2.75, 3.05) is 12.3 Å². The number of hydrogen-bond donors (Lipinski definition) is 1. The Morgan fingerprint density at radius 2 is 1.87 bits per heavy atom. The predicted octanol–water partition coefficient (Wildman–Crippen LogP) is 4.70. The molecule has 158 valence electrons. The second-order valence-electron chi connectivity index (χ2n) is 6.83. The van der Waals surface area contributed by atoms with E-state index in [1.165, 1.54) is 29.5 Å². The third-order valence-electron chi connectivity index (χ3n) is 4.78. The zero-order valence-corrected chi connectivity index (χ0v) is 17.6. The summed E-state index contributed by atoms with van der Waals surface area (Å²) < 4.78 is 10.7. The van der Waals surface area contributed by atoms with Crippen LogP contribution < -0.4 is 5.73 Å². The van der Waals surface area contributed by atoms with E-state index in [2.05, 4.69) is 5.10 Å². The molecule has 0 saturated heterocycles. The maximum absolute atomic E-state index is 12.9. The zero-order valence-electron chi connectivity index (χ0n) is 16.1. The van der Waals surface area contributed by atoms with Crippen LogP contribution in [0.5, 0.6) is 0 Å². The number of amides is 1. The second kappa shape index (κ2) is 8.83. The molecule has 1 aliphatic heterocycles. The smallest absolute Gasteiger partial charge is 0.340 e. The Balaban J connectivity index is 1.52. The highest BCUT2D eigenvalue weighted by molar-refractivity contribution is 6.31. The fourth-order valence-electron chi connectivity index (χ4n) is 3.25. The summed E-state index contributed by atoms with van der Waals surface area (Å²) in [6.45, 7) is -0.504. The van der Waals surface area contributed by atoms with Crippen molar-refractivity contribution in [1.82, 2.24) is 5.01 Å². The quantitative estimate of drug-likeness (QED) is 0.442. The van der Waals surface area contributed by atoms with Gasteiger partial charge in [-0.1, -0.05) is 35.3 Å². The van der Waals surface area contributed by atoms with Gasteiger partial charge in [0.05, 0.1) is 17.5 Å². The second-order valence-corrected chi connectivity index (χ2v) is 7.71. The number of hydrazone groups is 1. The molecule has 0 spiro atoms. The number of rotatable bonds is 5. The summed E-state index contributed by atoms with van der Waals surface area (Å²) in [6.07, 6.45) is 1.97. The van der Waals surface area contributed by atoms with Crippen molar-refractivity contribution >= 4 is 46.5 Å². The van der Waals surface area contributed by atoms with Gasteiger partial charge in [-0.05, 0) is 48.0 Å².